The number of rotatable bonds is 22. The summed E-state index contributed by atoms with van der Waals surface area (Å²) in [6.45, 7) is 2.76. The topological polar surface area (TPSA) is 55.4 Å². The van der Waals surface area contributed by atoms with Gasteiger partial charge in [-0.05, 0) is 38.5 Å². The van der Waals surface area contributed by atoms with Gasteiger partial charge >= 0.3 is 5.97 Å². The lowest BCUT2D eigenvalue weighted by Gasteiger charge is -2.09. The zero-order valence-electron chi connectivity index (χ0n) is 21.0. The molecule has 1 N–H and O–H groups in total. The van der Waals surface area contributed by atoms with Gasteiger partial charge in [-0.25, -0.2) is 4.79 Å². The van der Waals surface area contributed by atoms with E-state index < -0.39 is 6.04 Å². The molecule has 1 saturated heterocycles. The van der Waals surface area contributed by atoms with E-state index in [1.807, 2.05) is 0 Å². The number of hydrogen-bond acceptors (Lipinski definition) is 3. The van der Waals surface area contributed by atoms with Crippen molar-refractivity contribution < 1.29 is 14.3 Å². The molecule has 0 aromatic carbocycles. The van der Waals surface area contributed by atoms with E-state index in [0.29, 0.717) is 19.4 Å². The number of amides is 1. The Morgan fingerprint density at radius 1 is 0.781 bits per heavy atom. The van der Waals surface area contributed by atoms with Gasteiger partial charge in [0.2, 0.25) is 5.91 Å². The van der Waals surface area contributed by atoms with Crippen LogP contribution in [0, 0.1) is 0 Å². The molecule has 0 spiro atoms. The first-order chi connectivity index (χ1) is 15.7. The van der Waals surface area contributed by atoms with Gasteiger partial charge in [-0.2, -0.15) is 0 Å². The Bertz CT molecular complexity index is 489. The van der Waals surface area contributed by atoms with E-state index in [1.54, 1.807) is 0 Å². The summed E-state index contributed by atoms with van der Waals surface area (Å²) in [6, 6.07) is -0.408. The minimum absolute atomic E-state index is 0.0431. The molecule has 4 heteroatoms. The van der Waals surface area contributed by atoms with Crippen molar-refractivity contribution >= 4 is 11.9 Å². The van der Waals surface area contributed by atoms with Gasteiger partial charge < -0.3 is 10.1 Å². The third-order valence-corrected chi connectivity index (χ3v) is 6.43. The number of allylic oxidation sites excluding steroid dienone is 2. The molecule has 1 aliphatic heterocycles. The summed E-state index contributed by atoms with van der Waals surface area (Å²) in [7, 11) is 0. The summed E-state index contributed by atoms with van der Waals surface area (Å²) in [5, 5.41) is 2.65. The maximum atomic E-state index is 11.8. The Morgan fingerprint density at radius 2 is 1.25 bits per heavy atom. The molecule has 186 valence electrons. The standard InChI is InChI=1S/C28H51NO3/c1-2-3-4-5-6-7-8-9-10-11-12-13-14-15-16-17-18-19-20-21-22-25-32-28(31)26-23-24-27(30)29-26/h8-9,26H,2-7,10-25H2,1H3,(H,29,30)/b9-8+/t26-/m0/s1. The van der Waals surface area contributed by atoms with Gasteiger partial charge in [-0.3, -0.25) is 4.79 Å². The first kappa shape index (κ1) is 28.7. The van der Waals surface area contributed by atoms with Crippen LogP contribution in [-0.2, 0) is 14.3 Å². The fourth-order valence-electron chi connectivity index (χ4n) is 4.30. The van der Waals surface area contributed by atoms with E-state index in [2.05, 4.69) is 24.4 Å². The van der Waals surface area contributed by atoms with Crippen LogP contribution in [0.5, 0.6) is 0 Å². The predicted molar refractivity (Wildman–Crippen MR) is 135 cm³/mol. The van der Waals surface area contributed by atoms with Crippen LogP contribution in [0.15, 0.2) is 12.2 Å². The van der Waals surface area contributed by atoms with E-state index in [1.165, 1.54) is 109 Å². The number of hydrogen-bond donors (Lipinski definition) is 1. The van der Waals surface area contributed by atoms with Crippen LogP contribution in [0.1, 0.15) is 142 Å². The van der Waals surface area contributed by atoms with Crippen LogP contribution < -0.4 is 5.32 Å². The largest absolute Gasteiger partial charge is 0.464 e. The van der Waals surface area contributed by atoms with Crippen molar-refractivity contribution in [2.45, 2.75) is 148 Å². The lowest BCUT2D eigenvalue weighted by Crippen LogP contribution is -2.34. The number of nitrogens with one attached hydrogen (secondary N) is 1. The molecule has 0 radical (unpaired) electrons. The lowest BCUT2D eigenvalue weighted by molar-refractivity contribution is -0.146. The molecular formula is C28H51NO3. The Balaban J connectivity index is 1.71. The molecule has 1 atom stereocenters. The van der Waals surface area contributed by atoms with Gasteiger partial charge in [0.1, 0.15) is 6.04 Å². The van der Waals surface area contributed by atoms with Crippen molar-refractivity contribution in [3.05, 3.63) is 12.2 Å². The average molecular weight is 450 g/mol. The number of esters is 1. The van der Waals surface area contributed by atoms with Crippen LogP contribution in [-0.4, -0.2) is 24.5 Å². The van der Waals surface area contributed by atoms with Crippen molar-refractivity contribution in [1.29, 1.82) is 0 Å². The van der Waals surface area contributed by atoms with Crippen LogP contribution in [0.2, 0.25) is 0 Å². The van der Waals surface area contributed by atoms with Gasteiger partial charge in [0, 0.05) is 6.42 Å². The van der Waals surface area contributed by atoms with E-state index in [9.17, 15) is 9.59 Å². The molecule has 32 heavy (non-hydrogen) atoms. The number of carbonyl (C=O) groups excluding carboxylic acids is 2. The van der Waals surface area contributed by atoms with Gasteiger partial charge in [-0.15, -0.1) is 0 Å². The third-order valence-electron chi connectivity index (χ3n) is 6.43. The predicted octanol–water partition coefficient (Wildman–Crippen LogP) is 7.80. The van der Waals surface area contributed by atoms with Crippen molar-refractivity contribution in [1.82, 2.24) is 5.32 Å². The van der Waals surface area contributed by atoms with Crippen molar-refractivity contribution in [2.75, 3.05) is 6.61 Å². The quantitative estimate of drug-likeness (QED) is 0.104. The molecule has 0 aliphatic carbocycles. The highest BCUT2D eigenvalue weighted by Crippen LogP contribution is 2.13. The zero-order valence-corrected chi connectivity index (χ0v) is 21.0. The molecule has 0 saturated carbocycles. The average Bonchev–Trinajstić information content (AvgIpc) is 3.23. The molecule has 1 rings (SSSR count). The molecule has 1 aliphatic rings. The Labute approximate surface area is 198 Å². The second kappa shape index (κ2) is 21.5. The van der Waals surface area contributed by atoms with Crippen LogP contribution in [0.4, 0.5) is 0 Å². The molecule has 0 bridgehead atoms. The van der Waals surface area contributed by atoms with E-state index >= 15 is 0 Å². The van der Waals surface area contributed by atoms with E-state index in [-0.39, 0.29) is 11.9 Å². The summed E-state index contributed by atoms with van der Waals surface area (Å²) < 4.78 is 5.26. The molecule has 1 heterocycles. The lowest BCUT2D eigenvalue weighted by atomic mass is 10.0. The molecular weight excluding hydrogens is 398 g/mol. The van der Waals surface area contributed by atoms with E-state index in [4.69, 9.17) is 4.74 Å². The van der Waals surface area contributed by atoms with Crippen LogP contribution in [0.25, 0.3) is 0 Å². The molecule has 4 nitrogen and oxygen atoms in total. The van der Waals surface area contributed by atoms with Crippen molar-refractivity contribution in [2.24, 2.45) is 0 Å². The summed E-state index contributed by atoms with van der Waals surface area (Å²) in [6.07, 6.45) is 30.8. The fourth-order valence-corrected chi connectivity index (χ4v) is 4.30. The minimum atomic E-state index is -0.408. The summed E-state index contributed by atoms with van der Waals surface area (Å²) in [5.41, 5.74) is 0. The van der Waals surface area contributed by atoms with Crippen LogP contribution in [0.3, 0.4) is 0 Å². The maximum Gasteiger partial charge on any atom is 0.328 e. The summed E-state index contributed by atoms with van der Waals surface area (Å²) in [4.78, 5) is 22.9. The first-order valence-electron chi connectivity index (χ1n) is 13.8. The smallest absolute Gasteiger partial charge is 0.328 e. The SMILES string of the molecule is CCCCCCC/C=C/CCCCCCCCCCCCCCOC(=O)[C@@H]1CCC(=O)N1. The second-order valence-electron chi connectivity index (χ2n) is 9.53. The summed E-state index contributed by atoms with van der Waals surface area (Å²) in [5.74, 6) is -0.307. The monoisotopic (exact) mass is 449 g/mol. The highest BCUT2D eigenvalue weighted by Gasteiger charge is 2.28. The molecule has 0 aromatic heterocycles. The van der Waals surface area contributed by atoms with Gasteiger partial charge in [0.05, 0.1) is 6.61 Å². The molecule has 1 fully saturated rings. The minimum Gasteiger partial charge on any atom is -0.464 e. The fraction of sp³-hybridized carbons (Fsp3) is 0.857. The van der Waals surface area contributed by atoms with Gasteiger partial charge in [0.25, 0.3) is 0 Å². The maximum absolute atomic E-state index is 11.8. The van der Waals surface area contributed by atoms with Crippen molar-refractivity contribution in [3.8, 4) is 0 Å². The summed E-state index contributed by atoms with van der Waals surface area (Å²) >= 11 is 0. The van der Waals surface area contributed by atoms with Gasteiger partial charge in [0.15, 0.2) is 0 Å². The zero-order chi connectivity index (χ0) is 23.1. The first-order valence-corrected chi connectivity index (χ1v) is 13.8. The highest BCUT2D eigenvalue weighted by atomic mass is 16.5. The number of unbranched alkanes of at least 4 members (excludes halogenated alkanes) is 17. The number of ether oxygens (including phenoxy) is 1. The molecule has 1 amide bonds. The Kier molecular flexibility index (Phi) is 19.3. The van der Waals surface area contributed by atoms with E-state index in [0.717, 1.165) is 12.8 Å². The molecule has 0 unspecified atom stereocenters. The Morgan fingerprint density at radius 3 is 1.72 bits per heavy atom. The second-order valence-corrected chi connectivity index (χ2v) is 9.53. The number of carbonyl (C=O) groups is 2. The van der Waals surface area contributed by atoms with Crippen molar-refractivity contribution in [3.63, 3.8) is 0 Å². The normalized spacial score (nSPS) is 16.0. The highest BCUT2D eigenvalue weighted by molar-refractivity contribution is 5.87. The third kappa shape index (κ3) is 17.3. The molecule has 0 aromatic rings. The Hall–Kier alpha value is -1.32. The van der Waals surface area contributed by atoms with Gasteiger partial charge in [-0.1, -0.05) is 109 Å². The van der Waals surface area contributed by atoms with Crippen LogP contribution >= 0.6 is 0 Å².